The van der Waals surface area contributed by atoms with Crippen molar-refractivity contribution in [2.24, 2.45) is 0 Å². The van der Waals surface area contributed by atoms with E-state index in [-0.39, 0.29) is 21.7 Å². The molecule has 4 aromatic rings. The van der Waals surface area contributed by atoms with Crippen LogP contribution in [0.2, 0.25) is 0 Å². The van der Waals surface area contributed by atoms with Gasteiger partial charge in [-0.3, -0.25) is 0 Å². The number of nitrogens with one attached hydrogen (secondary N) is 2. The molecule has 0 aromatic carbocycles. The Labute approximate surface area is 352 Å². The minimum Gasteiger partial charge on any atom is -0.361 e. The molecule has 0 fully saturated rings. The van der Waals surface area contributed by atoms with Gasteiger partial charge >= 0.3 is 0 Å². The highest BCUT2D eigenvalue weighted by Gasteiger charge is 2.45. The number of unbranched alkanes of at least 4 members (excludes halogenated alkanes) is 8. The first-order chi connectivity index (χ1) is 27.3. The minimum absolute atomic E-state index is 0.00370. The monoisotopic (exact) mass is 799 g/mol. The van der Waals surface area contributed by atoms with E-state index in [2.05, 4.69) is 137 Å². The lowest BCUT2D eigenvalue weighted by atomic mass is 9.73. The van der Waals surface area contributed by atoms with Crippen LogP contribution in [0.5, 0.6) is 0 Å². The van der Waals surface area contributed by atoms with Gasteiger partial charge in [0.05, 0.1) is 0 Å². The standard InChI is InChI=1S/C52H82N2S2/c1-9-17-33-49(34-18-10-2)41-25-26-42(53-41)50(35-19-11-3,36-20-12-4)47-31-32-48(56-47)52(39-23-15-7,40-24-16-8)44-28-27-43(54-44)51(37-21-13-5,38-22-14-6)46-30-29-45(49)55-46/h25-32,53-54H,9-24,33-40H2,1-8H3. The predicted octanol–water partition coefficient (Wildman–Crippen LogP) is 17.4. The van der Waals surface area contributed by atoms with E-state index in [4.69, 9.17) is 0 Å². The average Bonchev–Trinajstić information content (AvgIpc) is 4.07. The predicted molar refractivity (Wildman–Crippen MR) is 250 cm³/mol. The summed E-state index contributed by atoms with van der Waals surface area (Å²) in [5.41, 5.74) is 5.96. The molecule has 0 radical (unpaired) electrons. The molecule has 8 bridgehead atoms. The fraction of sp³-hybridized carbons (Fsp3) is 0.692. The number of fused-ring (bicyclic) bond motifs is 8. The zero-order chi connectivity index (χ0) is 40.1. The van der Waals surface area contributed by atoms with E-state index in [1.165, 1.54) is 177 Å². The number of rotatable bonds is 24. The Morgan fingerprint density at radius 1 is 0.304 bits per heavy atom. The van der Waals surface area contributed by atoms with E-state index in [0.717, 1.165) is 0 Å². The van der Waals surface area contributed by atoms with Crippen LogP contribution in [-0.2, 0) is 21.7 Å². The molecule has 1 aliphatic rings. The van der Waals surface area contributed by atoms with Crippen molar-refractivity contribution in [2.45, 2.75) is 231 Å². The lowest BCUT2D eigenvalue weighted by molar-refractivity contribution is 0.386. The van der Waals surface area contributed by atoms with Gasteiger partial charge in [0.25, 0.3) is 0 Å². The van der Waals surface area contributed by atoms with Crippen molar-refractivity contribution in [3.05, 3.63) is 90.8 Å². The molecule has 4 heteroatoms. The zero-order valence-electron chi connectivity index (χ0n) is 37.4. The van der Waals surface area contributed by atoms with Gasteiger partial charge in [-0.2, -0.15) is 0 Å². The number of thiophene rings is 2. The first kappa shape index (κ1) is 45.1. The molecular formula is C52H82N2S2. The van der Waals surface area contributed by atoms with Crippen LogP contribution in [0.4, 0.5) is 0 Å². The molecule has 5 heterocycles. The van der Waals surface area contributed by atoms with Gasteiger partial charge in [0.1, 0.15) is 0 Å². The van der Waals surface area contributed by atoms with E-state index in [0.29, 0.717) is 0 Å². The van der Waals surface area contributed by atoms with Gasteiger partial charge in [-0.1, -0.05) is 158 Å². The molecule has 0 saturated carbocycles. The molecule has 56 heavy (non-hydrogen) atoms. The average molecular weight is 799 g/mol. The van der Waals surface area contributed by atoms with E-state index in [9.17, 15) is 0 Å². The molecular weight excluding hydrogens is 717 g/mol. The van der Waals surface area contributed by atoms with Crippen molar-refractivity contribution in [3.63, 3.8) is 0 Å². The number of hydrogen-bond acceptors (Lipinski definition) is 2. The number of aromatic amines is 2. The van der Waals surface area contributed by atoms with Gasteiger partial charge in [-0.05, 0) is 99.9 Å². The molecule has 5 rings (SSSR count). The molecule has 0 saturated heterocycles. The summed E-state index contributed by atoms with van der Waals surface area (Å²) in [6.45, 7) is 19.1. The molecule has 0 amide bonds. The van der Waals surface area contributed by atoms with Crippen molar-refractivity contribution in [2.75, 3.05) is 0 Å². The third-order valence-corrected chi connectivity index (χ3v) is 17.2. The second-order valence-corrected chi connectivity index (χ2v) is 20.2. The fourth-order valence-corrected chi connectivity index (χ4v) is 13.6. The maximum Gasteiger partial charge on any atom is 0.0447 e. The summed E-state index contributed by atoms with van der Waals surface area (Å²) in [7, 11) is 0. The highest BCUT2D eigenvalue weighted by atomic mass is 32.1. The Morgan fingerprint density at radius 3 is 0.643 bits per heavy atom. The van der Waals surface area contributed by atoms with Crippen LogP contribution < -0.4 is 0 Å². The first-order valence-corrected chi connectivity index (χ1v) is 25.6. The highest BCUT2D eigenvalue weighted by molar-refractivity contribution is 7.12. The summed E-state index contributed by atoms with van der Waals surface area (Å²) >= 11 is 4.39. The smallest absolute Gasteiger partial charge is 0.0447 e. The maximum absolute atomic E-state index is 4.40. The molecule has 312 valence electrons. The van der Waals surface area contributed by atoms with Crippen molar-refractivity contribution in [3.8, 4) is 0 Å². The Kier molecular flexibility index (Phi) is 17.1. The van der Waals surface area contributed by atoms with Gasteiger partial charge in [-0.15, -0.1) is 22.7 Å². The third-order valence-electron chi connectivity index (χ3n) is 14.2. The van der Waals surface area contributed by atoms with Gasteiger partial charge in [0, 0.05) is 63.9 Å². The fourth-order valence-electron chi connectivity index (χ4n) is 10.5. The van der Waals surface area contributed by atoms with E-state index in [1.54, 1.807) is 19.5 Å². The Bertz CT molecular complexity index is 1330. The molecule has 0 atom stereocenters. The van der Waals surface area contributed by atoms with Crippen LogP contribution in [0.1, 0.15) is 252 Å². The Balaban J connectivity index is 1.91. The van der Waals surface area contributed by atoms with E-state index in [1.807, 2.05) is 0 Å². The second kappa shape index (κ2) is 21.3. The van der Waals surface area contributed by atoms with Gasteiger partial charge < -0.3 is 9.97 Å². The summed E-state index contributed by atoms with van der Waals surface area (Å²) < 4.78 is 0. The maximum atomic E-state index is 4.40. The normalized spacial score (nSPS) is 16.7. The number of aromatic nitrogens is 2. The van der Waals surface area contributed by atoms with Crippen LogP contribution in [0.25, 0.3) is 0 Å². The van der Waals surface area contributed by atoms with Crippen molar-refractivity contribution in [1.29, 1.82) is 0 Å². The Hall–Kier alpha value is -2.04. The largest absolute Gasteiger partial charge is 0.361 e. The lowest BCUT2D eigenvalue weighted by Gasteiger charge is -2.37. The van der Waals surface area contributed by atoms with Crippen molar-refractivity contribution >= 4 is 22.7 Å². The highest BCUT2D eigenvalue weighted by Crippen LogP contribution is 2.54. The van der Waals surface area contributed by atoms with Crippen LogP contribution in [0.15, 0.2) is 48.5 Å². The quantitative estimate of drug-likeness (QED) is 0.0708. The second-order valence-electron chi connectivity index (χ2n) is 18.1. The molecule has 0 unspecified atom stereocenters. The summed E-state index contributed by atoms with van der Waals surface area (Å²) in [4.78, 5) is 15.2. The Morgan fingerprint density at radius 2 is 0.482 bits per heavy atom. The van der Waals surface area contributed by atoms with Crippen LogP contribution in [0.3, 0.4) is 0 Å². The van der Waals surface area contributed by atoms with Crippen molar-refractivity contribution in [1.82, 2.24) is 9.97 Å². The van der Waals surface area contributed by atoms with Gasteiger partial charge in [-0.25, -0.2) is 0 Å². The van der Waals surface area contributed by atoms with Gasteiger partial charge in [0.2, 0.25) is 0 Å². The SMILES string of the molecule is CCCCC1(CCCC)c2ccc([nH]2)C(CCCC)(CCCC)c2ccc(s2)C(CCCC)(CCCC)c2ccc([nH]2)C(CCCC)(CCCC)c2ccc1s2. The molecule has 0 spiro atoms. The third kappa shape index (κ3) is 9.07. The molecule has 1 aliphatic heterocycles. The summed E-state index contributed by atoms with van der Waals surface area (Å²) in [6, 6.07) is 20.7. The number of hydrogen-bond donors (Lipinski definition) is 2. The summed E-state index contributed by atoms with van der Waals surface area (Å²) in [5.74, 6) is 0. The minimum atomic E-state index is 0.00370. The zero-order valence-corrected chi connectivity index (χ0v) is 39.0. The van der Waals surface area contributed by atoms with E-state index < -0.39 is 0 Å². The molecule has 2 nitrogen and oxygen atoms in total. The van der Waals surface area contributed by atoms with Crippen LogP contribution in [0, 0.1) is 0 Å². The van der Waals surface area contributed by atoms with Crippen LogP contribution in [-0.4, -0.2) is 9.97 Å². The lowest BCUT2D eigenvalue weighted by Crippen LogP contribution is -2.31. The molecule has 0 aliphatic carbocycles. The summed E-state index contributed by atoms with van der Waals surface area (Å²) in [6.07, 6.45) is 29.6. The topological polar surface area (TPSA) is 31.6 Å². The molecule has 4 aromatic heterocycles. The first-order valence-electron chi connectivity index (χ1n) is 23.9. The van der Waals surface area contributed by atoms with Gasteiger partial charge in [0.15, 0.2) is 0 Å². The summed E-state index contributed by atoms with van der Waals surface area (Å²) in [5, 5.41) is 0. The van der Waals surface area contributed by atoms with E-state index >= 15 is 0 Å². The van der Waals surface area contributed by atoms with Crippen LogP contribution >= 0.6 is 22.7 Å². The van der Waals surface area contributed by atoms with Crippen molar-refractivity contribution < 1.29 is 0 Å². The molecule has 2 N–H and O–H groups in total. The number of H-pyrrole nitrogens is 2.